The van der Waals surface area contributed by atoms with Crippen molar-refractivity contribution in [2.24, 2.45) is 0 Å². The number of benzene rings is 2. The minimum atomic E-state index is -1.75. The molecular formula is C21H28OSi. The fourth-order valence-corrected chi connectivity index (χ4v) is 3.07. The van der Waals surface area contributed by atoms with Crippen LogP contribution in [0.4, 0.5) is 0 Å². The number of allylic oxidation sites excluding steroid dienone is 1. The molecule has 0 bridgehead atoms. The van der Waals surface area contributed by atoms with Crippen molar-refractivity contribution in [2.45, 2.75) is 45.3 Å². The highest BCUT2D eigenvalue weighted by molar-refractivity contribution is 6.74. The van der Waals surface area contributed by atoms with Gasteiger partial charge in [0.2, 0.25) is 8.32 Å². The largest absolute Gasteiger partial charge is 0.544 e. The van der Waals surface area contributed by atoms with Crippen molar-refractivity contribution in [3.8, 4) is 5.75 Å². The molecule has 2 aromatic carbocycles. The molecule has 0 atom stereocenters. The molecule has 0 radical (unpaired) electrons. The van der Waals surface area contributed by atoms with Gasteiger partial charge in [0.05, 0.1) is 0 Å². The van der Waals surface area contributed by atoms with Crippen LogP contribution in [-0.2, 0) is 6.42 Å². The molecule has 2 heteroatoms. The van der Waals surface area contributed by atoms with E-state index in [1.807, 2.05) is 6.07 Å². The zero-order chi connectivity index (χ0) is 16.9. The van der Waals surface area contributed by atoms with Crippen LogP contribution in [0.2, 0.25) is 18.1 Å². The third kappa shape index (κ3) is 5.10. The molecule has 0 aliphatic rings. The maximum Gasteiger partial charge on any atom is 0.250 e. The van der Waals surface area contributed by atoms with Crippen LogP contribution in [0.5, 0.6) is 5.75 Å². The highest BCUT2D eigenvalue weighted by Gasteiger charge is 2.38. The fraction of sp³-hybridized carbons (Fsp3) is 0.333. The summed E-state index contributed by atoms with van der Waals surface area (Å²) in [7, 11) is -1.75. The highest BCUT2D eigenvalue weighted by atomic mass is 28.4. The summed E-state index contributed by atoms with van der Waals surface area (Å²) in [6, 6.07) is 18.9. The molecule has 0 fully saturated rings. The maximum absolute atomic E-state index is 6.32. The number of hydrogen-bond donors (Lipinski definition) is 0. The molecule has 2 rings (SSSR count). The molecule has 0 saturated carbocycles. The van der Waals surface area contributed by atoms with Crippen LogP contribution in [0.15, 0.2) is 60.7 Å². The molecule has 0 aliphatic heterocycles. The predicted octanol–water partition coefficient (Wildman–Crippen LogP) is 6.33. The summed E-state index contributed by atoms with van der Waals surface area (Å²) >= 11 is 0. The minimum Gasteiger partial charge on any atom is -0.544 e. The molecule has 23 heavy (non-hydrogen) atoms. The summed E-state index contributed by atoms with van der Waals surface area (Å²) < 4.78 is 6.32. The topological polar surface area (TPSA) is 9.23 Å². The van der Waals surface area contributed by atoms with Gasteiger partial charge in [0, 0.05) is 0 Å². The van der Waals surface area contributed by atoms with Gasteiger partial charge in [-0.15, -0.1) is 0 Å². The lowest BCUT2D eigenvalue weighted by molar-refractivity contribution is 0.492. The van der Waals surface area contributed by atoms with E-state index in [-0.39, 0.29) is 5.04 Å². The Kier molecular flexibility index (Phi) is 5.48. The average molecular weight is 325 g/mol. The summed E-state index contributed by atoms with van der Waals surface area (Å²) in [5, 5.41) is 0.226. The highest BCUT2D eigenvalue weighted by Crippen LogP contribution is 2.37. The van der Waals surface area contributed by atoms with Crippen molar-refractivity contribution in [3.05, 3.63) is 71.8 Å². The molecular weight excluding hydrogens is 296 g/mol. The standard InChI is InChI=1S/C21H28OSi/c1-21(2,3)23(4,5)22-20-16-14-19(15-17-20)13-9-12-18-10-7-6-8-11-18/h6-12,14-17H,13H2,1-5H3/b12-9+. The zero-order valence-corrected chi connectivity index (χ0v) is 16.0. The van der Waals surface area contributed by atoms with Crippen LogP contribution < -0.4 is 4.43 Å². The first-order valence-corrected chi connectivity index (χ1v) is 11.2. The van der Waals surface area contributed by atoms with E-state index >= 15 is 0 Å². The molecule has 0 N–H and O–H groups in total. The van der Waals surface area contributed by atoms with E-state index in [2.05, 4.69) is 94.5 Å². The van der Waals surface area contributed by atoms with Gasteiger partial charge in [0.1, 0.15) is 5.75 Å². The van der Waals surface area contributed by atoms with Gasteiger partial charge < -0.3 is 4.43 Å². The van der Waals surface area contributed by atoms with E-state index in [0.717, 1.165) is 12.2 Å². The minimum absolute atomic E-state index is 0.226. The maximum atomic E-state index is 6.32. The van der Waals surface area contributed by atoms with Gasteiger partial charge in [0.25, 0.3) is 0 Å². The van der Waals surface area contributed by atoms with Gasteiger partial charge in [-0.05, 0) is 47.8 Å². The Balaban J connectivity index is 1.96. The molecule has 2 aromatic rings. The Bertz CT molecular complexity index is 634. The lowest BCUT2D eigenvalue weighted by atomic mass is 10.1. The molecule has 122 valence electrons. The normalized spacial score (nSPS) is 12.6. The predicted molar refractivity (Wildman–Crippen MR) is 103 cm³/mol. The van der Waals surface area contributed by atoms with Crippen LogP contribution >= 0.6 is 0 Å². The first kappa shape index (κ1) is 17.5. The molecule has 0 unspecified atom stereocenters. The van der Waals surface area contributed by atoms with Crippen LogP contribution in [0, 0.1) is 0 Å². The lowest BCUT2D eigenvalue weighted by Gasteiger charge is -2.36. The fourth-order valence-electron chi connectivity index (χ4n) is 2.04. The third-order valence-electron chi connectivity index (χ3n) is 4.57. The summed E-state index contributed by atoms with van der Waals surface area (Å²) in [6.45, 7) is 11.4. The summed E-state index contributed by atoms with van der Waals surface area (Å²) in [4.78, 5) is 0. The van der Waals surface area contributed by atoms with Crippen molar-refractivity contribution in [2.75, 3.05) is 0 Å². The van der Waals surface area contributed by atoms with Gasteiger partial charge in [0.15, 0.2) is 0 Å². The van der Waals surface area contributed by atoms with E-state index in [0.29, 0.717) is 0 Å². The van der Waals surface area contributed by atoms with E-state index in [1.165, 1.54) is 11.1 Å². The Hall–Kier alpha value is -1.80. The summed E-state index contributed by atoms with van der Waals surface area (Å²) in [5.74, 6) is 0.993. The van der Waals surface area contributed by atoms with Crippen LogP contribution in [0.1, 0.15) is 31.9 Å². The van der Waals surface area contributed by atoms with Crippen molar-refractivity contribution in [3.63, 3.8) is 0 Å². The van der Waals surface area contributed by atoms with Crippen LogP contribution in [0.25, 0.3) is 6.08 Å². The molecule has 0 heterocycles. The smallest absolute Gasteiger partial charge is 0.250 e. The van der Waals surface area contributed by atoms with Gasteiger partial charge in [-0.2, -0.15) is 0 Å². The molecule has 0 spiro atoms. The Labute approximate surface area is 142 Å². The Morgan fingerprint density at radius 3 is 2.09 bits per heavy atom. The van der Waals surface area contributed by atoms with Gasteiger partial charge in [-0.25, -0.2) is 0 Å². The van der Waals surface area contributed by atoms with E-state index in [1.54, 1.807) is 0 Å². The van der Waals surface area contributed by atoms with Crippen molar-refractivity contribution in [1.29, 1.82) is 0 Å². The second-order valence-electron chi connectivity index (χ2n) is 7.52. The summed E-state index contributed by atoms with van der Waals surface area (Å²) in [5.41, 5.74) is 2.55. The second kappa shape index (κ2) is 7.18. The number of rotatable bonds is 5. The van der Waals surface area contributed by atoms with Crippen molar-refractivity contribution in [1.82, 2.24) is 0 Å². The molecule has 0 aliphatic carbocycles. The first-order chi connectivity index (χ1) is 10.8. The molecule has 1 nitrogen and oxygen atoms in total. The third-order valence-corrected chi connectivity index (χ3v) is 8.92. The SMILES string of the molecule is CC(C)(C)[Si](C)(C)Oc1ccc(C/C=C/c2ccccc2)cc1. The van der Waals surface area contributed by atoms with Crippen molar-refractivity contribution >= 4 is 14.4 Å². The van der Waals surface area contributed by atoms with Gasteiger partial charge in [-0.3, -0.25) is 0 Å². The average Bonchev–Trinajstić information content (AvgIpc) is 2.49. The van der Waals surface area contributed by atoms with Crippen LogP contribution in [-0.4, -0.2) is 8.32 Å². The molecule has 0 saturated heterocycles. The van der Waals surface area contributed by atoms with E-state index < -0.39 is 8.32 Å². The van der Waals surface area contributed by atoms with Gasteiger partial charge in [-0.1, -0.05) is 75.4 Å². The zero-order valence-electron chi connectivity index (χ0n) is 15.0. The number of hydrogen-bond acceptors (Lipinski definition) is 1. The lowest BCUT2D eigenvalue weighted by Crippen LogP contribution is -2.43. The monoisotopic (exact) mass is 324 g/mol. The molecule has 0 aromatic heterocycles. The van der Waals surface area contributed by atoms with E-state index in [4.69, 9.17) is 4.43 Å². The van der Waals surface area contributed by atoms with Crippen molar-refractivity contribution < 1.29 is 4.43 Å². The van der Waals surface area contributed by atoms with Crippen LogP contribution in [0.3, 0.4) is 0 Å². The van der Waals surface area contributed by atoms with E-state index in [9.17, 15) is 0 Å². The Morgan fingerprint density at radius 1 is 0.913 bits per heavy atom. The van der Waals surface area contributed by atoms with Gasteiger partial charge >= 0.3 is 0 Å². The quantitative estimate of drug-likeness (QED) is 0.584. The Morgan fingerprint density at radius 2 is 1.52 bits per heavy atom. The first-order valence-electron chi connectivity index (χ1n) is 8.27. The molecule has 0 amide bonds. The second-order valence-corrected chi connectivity index (χ2v) is 12.2. The summed E-state index contributed by atoms with van der Waals surface area (Å²) in [6.07, 6.45) is 5.31.